The van der Waals surface area contributed by atoms with E-state index in [0.29, 0.717) is 18.7 Å². The lowest BCUT2D eigenvalue weighted by Gasteiger charge is -2.18. The predicted molar refractivity (Wildman–Crippen MR) is 71.1 cm³/mol. The van der Waals surface area contributed by atoms with E-state index in [0.717, 1.165) is 0 Å². The maximum atomic E-state index is 12.2. The first-order chi connectivity index (χ1) is 8.91. The van der Waals surface area contributed by atoms with Crippen LogP contribution in [0.15, 0.2) is 29.2 Å². The van der Waals surface area contributed by atoms with Gasteiger partial charge in [0.15, 0.2) is 0 Å². The highest BCUT2D eigenvalue weighted by Gasteiger charge is 2.20. The summed E-state index contributed by atoms with van der Waals surface area (Å²) in [5, 5.41) is 8.42. The highest BCUT2D eigenvalue weighted by atomic mass is 32.2. The molecule has 102 valence electrons. The monoisotopic (exact) mass is 281 g/mol. The van der Waals surface area contributed by atoms with E-state index < -0.39 is 16.0 Å². The lowest BCUT2D eigenvalue weighted by atomic mass is 10.2. The first-order valence-electron chi connectivity index (χ1n) is 5.77. The number of aliphatic carboxylic acids is 1. The number of carbonyl (C=O) groups is 1. The Morgan fingerprint density at radius 3 is 2.16 bits per heavy atom. The third kappa shape index (κ3) is 3.81. The van der Waals surface area contributed by atoms with Crippen LogP contribution in [-0.2, 0) is 14.8 Å². The van der Waals surface area contributed by atoms with E-state index >= 15 is 0 Å². The van der Waals surface area contributed by atoms with Gasteiger partial charge in [0.25, 0.3) is 0 Å². The predicted octanol–water partition coefficient (Wildman–Crippen LogP) is 1.15. The van der Waals surface area contributed by atoms with Crippen LogP contribution in [-0.4, -0.2) is 36.9 Å². The van der Waals surface area contributed by atoms with E-state index in [-0.39, 0.29) is 4.90 Å². The molecule has 6 heteroatoms. The average molecular weight is 281 g/mol. The second-order valence-corrected chi connectivity index (χ2v) is 5.61. The number of rotatable bonds is 4. The van der Waals surface area contributed by atoms with Crippen molar-refractivity contribution in [2.24, 2.45) is 0 Å². The number of sulfonamides is 1. The Morgan fingerprint density at radius 1 is 1.21 bits per heavy atom. The number of hydrogen-bond donors (Lipinski definition) is 1. The molecule has 1 aromatic rings. The lowest BCUT2D eigenvalue weighted by molar-refractivity contribution is -0.130. The molecule has 1 N–H and O–H groups in total. The summed E-state index contributed by atoms with van der Waals surface area (Å²) in [4.78, 5) is 10.5. The molecular formula is C13H15NO4S. The molecule has 0 amide bonds. The zero-order chi connectivity index (χ0) is 14.5. The standard InChI is InChI=1S/C13H15NO4S/c1-3-14(4-2)19(17,18)12-8-5-11(6-9-12)7-10-13(15)16/h5-6,8-9H,3-4H2,1-2H3,(H,15,16). The third-order valence-electron chi connectivity index (χ3n) is 2.51. The van der Waals surface area contributed by atoms with Crippen LogP contribution < -0.4 is 0 Å². The summed E-state index contributed by atoms with van der Waals surface area (Å²) >= 11 is 0. The van der Waals surface area contributed by atoms with Crippen molar-refractivity contribution in [1.29, 1.82) is 0 Å². The molecule has 0 fully saturated rings. The fourth-order valence-electron chi connectivity index (χ4n) is 1.55. The zero-order valence-electron chi connectivity index (χ0n) is 10.8. The van der Waals surface area contributed by atoms with Crippen LogP contribution in [0.3, 0.4) is 0 Å². The van der Waals surface area contributed by atoms with Crippen LogP contribution in [0.2, 0.25) is 0 Å². The summed E-state index contributed by atoms with van der Waals surface area (Å²) < 4.78 is 25.7. The van der Waals surface area contributed by atoms with Crippen molar-refractivity contribution in [2.45, 2.75) is 18.7 Å². The van der Waals surface area contributed by atoms with Crippen LogP contribution in [0.1, 0.15) is 19.4 Å². The van der Waals surface area contributed by atoms with Gasteiger partial charge in [0, 0.05) is 24.6 Å². The van der Waals surface area contributed by atoms with Gasteiger partial charge in [0.2, 0.25) is 10.0 Å². The van der Waals surface area contributed by atoms with Gasteiger partial charge >= 0.3 is 5.97 Å². The number of benzene rings is 1. The molecule has 0 saturated heterocycles. The van der Waals surface area contributed by atoms with Crippen molar-refractivity contribution in [1.82, 2.24) is 4.31 Å². The Kier molecular flexibility index (Phi) is 5.10. The summed E-state index contributed by atoms with van der Waals surface area (Å²) in [6.07, 6.45) is 0. The maximum absolute atomic E-state index is 12.2. The number of carboxylic acid groups (broad SMARTS) is 1. The van der Waals surface area contributed by atoms with Crippen molar-refractivity contribution in [3.8, 4) is 11.8 Å². The fourth-order valence-corrected chi connectivity index (χ4v) is 3.01. The second kappa shape index (κ2) is 6.36. The van der Waals surface area contributed by atoms with Gasteiger partial charge in [-0.15, -0.1) is 0 Å². The second-order valence-electron chi connectivity index (χ2n) is 3.67. The molecule has 0 saturated carbocycles. The highest BCUT2D eigenvalue weighted by Crippen LogP contribution is 2.15. The lowest BCUT2D eigenvalue weighted by Crippen LogP contribution is -2.30. The van der Waals surface area contributed by atoms with Gasteiger partial charge in [-0.2, -0.15) is 4.31 Å². The normalized spacial score (nSPS) is 10.9. The first-order valence-corrected chi connectivity index (χ1v) is 7.21. The molecule has 5 nitrogen and oxygen atoms in total. The average Bonchev–Trinajstić information content (AvgIpc) is 2.38. The molecule has 1 aromatic carbocycles. The maximum Gasteiger partial charge on any atom is 0.382 e. The van der Waals surface area contributed by atoms with E-state index in [9.17, 15) is 13.2 Å². The minimum absolute atomic E-state index is 0.178. The van der Waals surface area contributed by atoms with E-state index in [1.165, 1.54) is 28.6 Å². The molecule has 0 unspecified atom stereocenters. The van der Waals surface area contributed by atoms with Crippen LogP contribution in [0.4, 0.5) is 0 Å². The molecular weight excluding hydrogens is 266 g/mol. The van der Waals surface area contributed by atoms with Crippen LogP contribution >= 0.6 is 0 Å². The van der Waals surface area contributed by atoms with Crippen molar-refractivity contribution in [3.63, 3.8) is 0 Å². The third-order valence-corrected chi connectivity index (χ3v) is 4.58. The smallest absolute Gasteiger partial charge is 0.382 e. The minimum atomic E-state index is -3.48. The van der Waals surface area contributed by atoms with Gasteiger partial charge in [-0.3, -0.25) is 0 Å². The van der Waals surface area contributed by atoms with E-state index in [2.05, 4.69) is 5.92 Å². The Balaban J connectivity index is 3.06. The van der Waals surface area contributed by atoms with Crippen LogP contribution in [0.25, 0.3) is 0 Å². The van der Waals surface area contributed by atoms with Crippen LogP contribution in [0, 0.1) is 11.8 Å². The summed E-state index contributed by atoms with van der Waals surface area (Å²) in [7, 11) is -3.48. The number of carboxylic acids is 1. The zero-order valence-corrected chi connectivity index (χ0v) is 11.6. The molecule has 0 heterocycles. The fraction of sp³-hybridized carbons (Fsp3) is 0.308. The summed E-state index contributed by atoms with van der Waals surface area (Å²) in [6, 6.07) is 5.84. The first kappa shape index (κ1) is 15.2. The molecule has 0 spiro atoms. The topological polar surface area (TPSA) is 74.7 Å². The Labute approximate surface area is 112 Å². The van der Waals surface area contributed by atoms with Gasteiger partial charge in [0.05, 0.1) is 4.90 Å². The van der Waals surface area contributed by atoms with E-state index in [1.807, 2.05) is 5.92 Å². The molecule has 1 rings (SSSR count). The summed E-state index contributed by atoms with van der Waals surface area (Å²) in [5.41, 5.74) is 0.459. The number of nitrogens with zero attached hydrogens (tertiary/aromatic N) is 1. The molecule has 0 aliphatic rings. The summed E-state index contributed by atoms with van der Waals surface area (Å²) in [6.45, 7) is 4.35. The summed E-state index contributed by atoms with van der Waals surface area (Å²) in [5.74, 6) is 3.17. The van der Waals surface area contributed by atoms with Crippen molar-refractivity contribution >= 4 is 16.0 Å². The van der Waals surface area contributed by atoms with E-state index in [1.54, 1.807) is 13.8 Å². The van der Waals surface area contributed by atoms with Gasteiger partial charge < -0.3 is 5.11 Å². The van der Waals surface area contributed by atoms with Gasteiger partial charge in [0.1, 0.15) is 0 Å². The molecule has 0 aromatic heterocycles. The molecule has 0 bridgehead atoms. The molecule has 19 heavy (non-hydrogen) atoms. The van der Waals surface area contributed by atoms with E-state index in [4.69, 9.17) is 5.11 Å². The number of hydrogen-bond acceptors (Lipinski definition) is 3. The van der Waals surface area contributed by atoms with Crippen molar-refractivity contribution in [3.05, 3.63) is 29.8 Å². The molecule has 0 atom stereocenters. The highest BCUT2D eigenvalue weighted by molar-refractivity contribution is 7.89. The van der Waals surface area contributed by atoms with Gasteiger partial charge in [-0.05, 0) is 24.3 Å². The Morgan fingerprint density at radius 2 is 1.74 bits per heavy atom. The largest absolute Gasteiger partial charge is 0.472 e. The minimum Gasteiger partial charge on any atom is -0.472 e. The van der Waals surface area contributed by atoms with Crippen molar-refractivity contribution in [2.75, 3.05) is 13.1 Å². The molecule has 0 aliphatic heterocycles. The van der Waals surface area contributed by atoms with Crippen LogP contribution in [0.5, 0.6) is 0 Å². The Hall–Kier alpha value is -1.84. The molecule has 0 aliphatic carbocycles. The molecule has 0 radical (unpaired) electrons. The quantitative estimate of drug-likeness (QED) is 0.840. The Bertz CT molecular complexity index is 604. The van der Waals surface area contributed by atoms with Crippen molar-refractivity contribution < 1.29 is 18.3 Å². The van der Waals surface area contributed by atoms with Gasteiger partial charge in [-0.1, -0.05) is 19.8 Å². The SMILES string of the molecule is CCN(CC)S(=O)(=O)c1ccc(C#CC(=O)O)cc1. The van der Waals surface area contributed by atoms with Gasteiger partial charge in [-0.25, -0.2) is 13.2 Å².